The standard InChI is InChI=1S/C13H11N3O3S/c14-11(17)4-13-16-9(6-20-13)7-1-2-10-8(3-7)15-12(18)5-19-10/h1-3,6H,4-5H2,(H2,14,17)(H,15,18). The maximum Gasteiger partial charge on any atom is 0.262 e. The number of hydrogen-bond donors (Lipinski definition) is 2. The normalized spacial score (nSPS) is 13.3. The maximum atomic E-state index is 11.3. The fourth-order valence-corrected chi connectivity index (χ4v) is 2.73. The number of benzene rings is 1. The minimum Gasteiger partial charge on any atom is -0.482 e. The molecule has 0 fully saturated rings. The van der Waals surface area contributed by atoms with Gasteiger partial charge in [0.05, 0.1) is 17.8 Å². The van der Waals surface area contributed by atoms with Crippen LogP contribution in [0.15, 0.2) is 23.6 Å². The molecule has 1 aliphatic rings. The van der Waals surface area contributed by atoms with Crippen molar-refractivity contribution in [2.24, 2.45) is 5.73 Å². The highest BCUT2D eigenvalue weighted by molar-refractivity contribution is 7.10. The van der Waals surface area contributed by atoms with Crippen molar-refractivity contribution >= 4 is 28.8 Å². The van der Waals surface area contributed by atoms with Crippen molar-refractivity contribution in [2.45, 2.75) is 6.42 Å². The summed E-state index contributed by atoms with van der Waals surface area (Å²) in [5.41, 5.74) is 7.36. The second kappa shape index (κ2) is 4.93. The van der Waals surface area contributed by atoms with E-state index in [4.69, 9.17) is 10.5 Å². The van der Waals surface area contributed by atoms with Gasteiger partial charge < -0.3 is 15.8 Å². The van der Waals surface area contributed by atoms with Crippen molar-refractivity contribution in [1.29, 1.82) is 0 Å². The van der Waals surface area contributed by atoms with E-state index in [2.05, 4.69) is 10.3 Å². The van der Waals surface area contributed by atoms with E-state index >= 15 is 0 Å². The van der Waals surface area contributed by atoms with E-state index < -0.39 is 5.91 Å². The fraction of sp³-hybridized carbons (Fsp3) is 0.154. The van der Waals surface area contributed by atoms with E-state index in [0.29, 0.717) is 16.4 Å². The third-order valence-electron chi connectivity index (χ3n) is 2.79. The second-order valence-corrected chi connectivity index (χ2v) is 5.26. The smallest absolute Gasteiger partial charge is 0.262 e. The molecule has 0 atom stereocenters. The number of fused-ring (bicyclic) bond motifs is 1. The topological polar surface area (TPSA) is 94.3 Å². The van der Waals surface area contributed by atoms with Gasteiger partial charge in [-0.3, -0.25) is 9.59 Å². The van der Waals surface area contributed by atoms with Crippen LogP contribution in [0.3, 0.4) is 0 Å². The van der Waals surface area contributed by atoms with Crippen LogP contribution in [0.1, 0.15) is 5.01 Å². The number of nitrogens with two attached hydrogens (primary N) is 1. The van der Waals surface area contributed by atoms with Crippen LogP contribution >= 0.6 is 11.3 Å². The first-order valence-corrected chi connectivity index (χ1v) is 6.79. The minimum absolute atomic E-state index is 0.0335. The second-order valence-electron chi connectivity index (χ2n) is 4.32. The van der Waals surface area contributed by atoms with Crippen LogP contribution in [0.25, 0.3) is 11.3 Å². The Morgan fingerprint density at radius 2 is 2.35 bits per heavy atom. The molecule has 0 bridgehead atoms. The van der Waals surface area contributed by atoms with Crippen LogP contribution in [0.4, 0.5) is 5.69 Å². The first-order valence-electron chi connectivity index (χ1n) is 5.91. The molecular formula is C13H11N3O3S. The highest BCUT2D eigenvalue weighted by Crippen LogP contribution is 2.33. The molecule has 1 aromatic carbocycles. The molecule has 0 saturated carbocycles. The Hall–Kier alpha value is -2.41. The number of ether oxygens (including phenoxy) is 1. The minimum atomic E-state index is -0.406. The molecule has 3 rings (SSSR count). The van der Waals surface area contributed by atoms with Crippen LogP contribution in [0.2, 0.25) is 0 Å². The molecule has 0 unspecified atom stereocenters. The van der Waals surface area contributed by atoms with Crippen LogP contribution < -0.4 is 15.8 Å². The van der Waals surface area contributed by atoms with Crippen LogP contribution in [0.5, 0.6) is 5.75 Å². The molecule has 20 heavy (non-hydrogen) atoms. The summed E-state index contributed by atoms with van der Waals surface area (Å²) in [6, 6.07) is 5.45. The highest BCUT2D eigenvalue weighted by atomic mass is 32.1. The number of rotatable bonds is 3. The summed E-state index contributed by atoms with van der Waals surface area (Å²) >= 11 is 1.38. The first-order chi connectivity index (χ1) is 9.61. The molecular weight excluding hydrogens is 278 g/mol. The SMILES string of the molecule is NC(=O)Cc1nc(-c2ccc3c(c2)NC(=O)CO3)cs1. The van der Waals surface area contributed by atoms with Crippen molar-refractivity contribution < 1.29 is 14.3 Å². The molecule has 2 amide bonds. The number of nitrogens with one attached hydrogen (secondary N) is 1. The van der Waals surface area contributed by atoms with Crippen LogP contribution in [0, 0.1) is 0 Å². The van der Waals surface area contributed by atoms with Gasteiger partial charge in [-0.2, -0.15) is 0 Å². The third kappa shape index (κ3) is 2.48. The first kappa shape index (κ1) is 12.6. The van der Waals surface area contributed by atoms with E-state index in [1.807, 2.05) is 11.4 Å². The zero-order chi connectivity index (χ0) is 14.1. The van der Waals surface area contributed by atoms with Gasteiger partial charge in [0.1, 0.15) is 10.8 Å². The average molecular weight is 289 g/mol. The molecule has 0 aliphatic carbocycles. The van der Waals surface area contributed by atoms with Gasteiger partial charge in [0.15, 0.2) is 6.61 Å². The molecule has 3 N–H and O–H groups in total. The van der Waals surface area contributed by atoms with Gasteiger partial charge in [0.25, 0.3) is 5.91 Å². The predicted molar refractivity (Wildman–Crippen MR) is 74.6 cm³/mol. The average Bonchev–Trinajstić information content (AvgIpc) is 2.85. The van der Waals surface area contributed by atoms with E-state index in [9.17, 15) is 9.59 Å². The van der Waals surface area contributed by atoms with Crippen molar-refractivity contribution in [1.82, 2.24) is 4.98 Å². The van der Waals surface area contributed by atoms with E-state index in [1.165, 1.54) is 11.3 Å². The molecule has 2 heterocycles. The van der Waals surface area contributed by atoms with E-state index in [-0.39, 0.29) is 18.9 Å². The van der Waals surface area contributed by atoms with Gasteiger partial charge >= 0.3 is 0 Å². The van der Waals surface area contributed by atoms with Gasteiger partial charge in [-0.15, -0.1) is 11.3 Å². The van der Waals surface area contributed by atoms with Gasteiger partial charge in [-0.05, 0) is 18.2 Å². The van der Waals surface area contributed by atoms with E-state index in [0.717, 1.165) is 11.3 Å². The molecule has 2 aromatic rings. The summed E-state index contributed by atoms with van der Waals surface area (Å²) in [6.07, 6.45) is 0.134. The van der Waals surface area contributed by atoms with Gasteiger partial charge in [0.2, 0.25) is 5.91 Å². The Labute approximate surface area is 118 Å². The number of carbonyl (C=O) groups excluding carboxylic acids is 2. The monoisotopic (exact) mass is 289 g/mol. The Balaban J connectivity index is 1.90. The molecule has 1 aromatic heterocycles. The van der Waals surface area contributed by atoms with Gasteiger partial charge in [-0.25, -0.2) is 4.98 Å². The largest absolute Gasteiger partial charge is 0.482 e. The zero-order valence-corrected chi connectivity index (χ0v) is 11.2. The number of primary amides is 1. The lowest BCUT2D eigenvalue weighted by molar-refractivity contribution is -0.119. The molecule has 6 nitrogen and oxygen atoms in total. The molecule has 102 valence electrons. The summed E-state index contributed by atoms with van der Waals surface area (Å²) in [5, 5.41) is 5.27. The maximum absolute atomic E-state index is 11.3. The lowest BCUT2D eigenvalue weighted by atomic mass is 10.1. The number of aromatic nitrogens is 1. The summed E-state index contributed by atoms with van der Waals surface area (Å²) in [6.45, 7) is 0.0335. The quantitative estimate of drug-likeness (QED) is 0.886. The number of nitrogens with zero attached hydrogens (tertiary/aromatic N) is 1. The van der Waals surface area contributed by atoms with Gasteiger partial charge in [0, 0.05) is 10.9 Å². The Kier molecular flexibility index (Phi) is 3.11. The van der Waals surface area contributed by atoms with Crippen molar-refractivity contribution in [2.75, 3.05) is 11.9 Å². The lowest BCUT2D eigenvalue weighted by Gasteiger charge is -2.18. The van der Waals surface area contributed by atoms with E-state index in [1.54, 1.807) is 12.1 Å². The summed E-state index contributed by atoms with van der Waals surface area (Å²) in [4.78, 5) is 26.5. The fourth-order valence-electron chi connectivity index (χ4n) is 1.92. The number of carbonyl (C=O) groups is 2. The van der Waals surface area contributed by atoms with Crippen molar-refractivity contribution in [3.63, 3.8) is 0 Å². The lowest BCUT2D eigenvalue weighted by Crippen LogP contribution is -2.25. The zero-order valence-electron chi connectivity index (χ0n) is 10.4. The van der Waals surface area contributed by atoms with Crippen molar-refractivity contribution in [3.05, 3.63) is 28.6 Å². The Morgan fingerprint density at radius 3 is 3.15 bits per heavy atom. The molecule has 0 spiro atoms. The highest BCUT2D eigenvalue weighted by Gasteiger charge is 2.17. The molecule has 0 saturated heterocycles. The molecule has 7 heteroatoms. The van der Waals surface area contributed by atoms with Crippen LogP contribution in [-0.2, 0) is 16.0 Å². The van der Waals surface area contributed by atoms with Gasteiger partial charge in [-0.1, -0.05) is 0 Å². The number of anilines is 1. The summed E-state index contributed by atoms with van der Waals surface area (Å²) in [5.74, 6) is 0.0558. The third-order valence-corrected chi connectivity index (χ3v) is 3.63. The Bertz CT molecular complexity index is 696. The van der Waals surface area contributed by atoms with Crippen LogP contribution in [-0.4, -0.2) is 23.4 Å². The molecule has 1 aliphatic heterocycles. The Morgan fingerprint density at radius 1 is 1.50 bits per heavy atom. The summed E-state index contributed by atoms with van der Waals surface area (Å²) in [7, 11) is 0. The number of amides is 2. The number of thiazole rings is 1. The van der Waals surface area contributed by atoms with Crippen molar-refractivity contribution in [3.8, 4) is 17.0 Å². The predicted octanol–water partition coefficient (Wildman–Crippen LogP) is 1.17. The number of hydrogen-bond acceptors (Lipinski definition) is 5. The summed E-state index contributed by atoms with van der Waals surface area (Å²) < 4.78 is 5.29. The molecule has 0 radical (unpaired) electrons.